The van der Waals surface area contributed by atoms with E-state index in [0.717, 1.165) is 36.0 Å². The Morgan fingerprint density at radius 1 is 1.07 bits per heavy atom. The first-order chi connectivity index (χ1) is 13.3. The normalized spacial score (nSPS) is 13.6. The summed E-state index contributed by atoms with van der Waals surface area (Å²) in [5.41, 5.74) is 3.90. The van der Waals surface area contributed by atoms with E-state index in [9.17, 15) is 10.1 Å². The fraction of sp³-hybridized carbons (Fsp3) is 0.217. The lowest BCUT2D eigenvalue weighted by atomic mass is 9.91. The number of rotatable bonds is 5. The molecule has 1 aliphatic rings. The number of carbonyl (C=O) groups excluding carboxylic acids is 1. The van der Waals surface area contributed by atoms with E-state index >= 15 is 0 Å². The summed E-state index contributed by atoms with van der Waals surface area (Å²) in [4.78, 5) is 14.4. The van der Waals surface area contributed by atoms with Gasteiger partial charge in [0.25, 0.3) is 0 Å². The van der Waals surface area contributed by atoms with Gasteiger partial charge in [0, 0.05) is 4.88 Å². The zero-order chi connectivity index (χ0) is 18.6. The first kappa shape index (κ1) is 17.5. The average Bonchev–Trinajstić information content (AvgIpc) is 3.28. The van der Waals surface area contributed by atoms with Gasteiger partial charge in [-0.2, -0.15) is 5.26 Å². The molecular formula is C23H20N2OS. The van der Waals surface area contributed by atoms with E-state index < -0.39 is 0 Å². The lowest BCUT2D eigenvalue weighted by Gasteiger charge is -2.17. The summed E-state index contributed by atoms with van der Waals surface area (Å²) in [5.74, 6) is -0.349. The number of fused-ring (bicyclic) bond motifs is 1. The Balaban J connectivity index is 1.62. The number of nitriles is 1. The molecular weight excluding hydrogens is 352 g/mol. The van der Waals surface area contributed by atoms with Crippen LogP contribution in [0.15, 0.2) is 60.7 Å². The second-order valence-electron chi connectivity index (χ2n) is 6.82. The average molecular weight is 372 g/mol. The number of nitrogens with zero attached hydrogens (tertiary/aromatic N) is 1. The minimum atomic E-state index is -0.294. The molecule has 0 spiro atoms. The van der Waals surface area contributed by atoms with E-state index in [2.05, 4.69) is 11.4 Å². The standard InChI is InChI=1S/C23H20N2OS/c24-15-20-18-12-7-13-21(18)27-23(20)25-22(26)19(17-10-5-2-6-11-17)14-16-8-3-1-4-9-16/h1-6,8-11,19H,7,12-14H2,(H,25,26). The van der Waals surface area contributed by atoms with Crippen molar-refractivity contribution >= 4 is 22.2 Å². The van der Waals surface area contributed by atoms with Gasteiger partial charge in [-0.15, -0.1) is 11.3 Å². The summed E-state index contributed by atoms with van der Waals surface area (Å²) in [5, 5.41) is 13.4. The summed E-state index contributed by atoms with van der Waals surface area (Å²) >= 11 is 1.57. The van der Waals surface area contributed by atoms with Gasteiger partial charge >= 0.3 is 0 Å². The van der Waals surface area contributed by atoms with E-state index in [-0.39, 0.29) is 11.8 Å². The van der Waals surface area contributed by atoms with Crippen LogP contribution in [0.25, 0.3) is 0 Å². The van der Waals surface area contributed by atoms with Crippen molar-refractivity contribution in [1.82, 2.24) is 0 Å². The molecule has 1 atom stereocenters. The second kappa shape index (κ2) is 7.77. The highest BCUT2D eigenvalue weighted by Crippen LogP contribution is 2.39. The molecule has 0 saturated heterocycles. The van der Waals surface area contributed by atoms with Crippen molar-refractivity contribution in [3.8, 4) is 6.07 Å². The fourth-order valence-electron chi connectivity index (χ4n) is 3.71. The Kier molecular flexibility index (Phi) is 5.04. The molecule has 1 heterocycles. The highest BCUT2D eigenvalue weighted by molar-refractivity contribution is 7.16. The third-order valence-electron chi connectivity index (χ3n) is 5.07. The van der Waals surface area contributed by atoms with Crippen molar-refractivity contribution in [2.75, 3.05) is 5.32 Å². The van der Waals surface area contributed by atoms with Gasteiger partial charge in [0.05, 0.1) is 11.5 Å². The quantitative estimate of drug-likeness (QED) is 0.679. The number of anilines is 1. The number of benzene rings is 2. The van der Waals surface area contributed by atoms with Crippen LogP contribution in [0.5, 0.6) is 0 Å². The van der Waals surface area contributed by atoms with Gasteiger partial charge in [-0.05, 0) is 42.4 Å². The number of amides is 1. The Hall–Kier alpha value is -2.90. The van der Waals surface area contributed by atoms with Crippen molar-refractivity contribution in [3.63, 3.8) is 0 Å². The van der Waals surface area contributed by atoms with E-state index in [1.165, 1.54) is 4.88 Å². The summed E-state index contributed by atoms with van der Waals surface area (Å²) in [7, 11) is 0. The molecule has 1 amide bonds. The van der Waals surface area contributed by atoms with Crippen LogP contribution in [0, 0.1) is 11.3 Å². The fourth-order valence-corrected chi connectivity index (χ4v) is 4.95. The first-order valence-corrected chi connectivity index (χ1v) is 10.0. The predicted octanol–water partition coefficient (Wildman–Crippen LogP) is 5.07. The minimum absolute atomic E-state index is 0.0542. The summed E-state index contributed by atoms with van der Waals surface area (Å²) < 4.78 is 0. The lowest BCUT2D eigenvalue weighted by Crippen LogP contribution is -2.23. The van der Waals surface area contributed by atoms with Crippen LogP contribution in [-0.2, 0) is 24.1 Å². The van der Waals surface area contributed by atoms with E-state index in [1.807, 2.05) is 60.7 Å². The summed E-state index contributed by atoms with van der Waals surface area (Å²) in [6, 6.07) is 22.2. The maximum Gasteiger partial charge on any atom is 0.232 e. The number of aryl methyl sites for hydroxylation is 1. The zero-order valence-corrected chi connectivity index (χ0v) is 15.8. The van der Waals surface area contributed by atoms with Crippen LogP contribution < -0.4 is 5.32 Å². The smallest absolute Gasteiger partial charge is 0.232 e. The molecule has 0 bridgehead atoms. The molecule has 4 heteroatoms. The van der Waals surface area contributed by atoms with E-state index in [0.29, 0.717) is 17.0 Å². The molecule has 0 saturated carbocycles. The van der Waals surface area contributed by atoms with Crippen LogP contribution in [0.2, 0.25) is 0 Å². The van der Waals surface area contributed by atoms with Gasteiger partial charge in [-0.1, -0.05) is 60.7 Å². The van der Waals surface area contributed by atoms with Gasteiger partial charge < -0.3 is 5.32 Å². The number of hydrogen-bond donors (Lipinski definition) is 1. The minimum Gasteiger partial charge on any atom is -0.316 e. The SMILES string of the molecule is N#Cc1c(NC(=O)C(Cc2ccccc2)c2ccccc2)sc2c1CCC2. The molecule has 1 N–H and O–H groups in total. The Morgan fingerprint density at radius 2 is 1.78 bits per heavy atom. The van der Waals surface area contributed by atoms with Crippen LogP contribution in [0.4, 0.5) is 5.00 Å². The van der Waals surface area contributed by atoms with Crippen LogP contribution >= 0.6 is 11.3 Å². The van der Waals surface area contributed by atoms with Crippen molar-refractivity contribution in [2.45, 2.75) is 31.6 Å². The number of carbonyl (C=O) groups is 1. The van der Waals surface area contributed by atoms with Crippen molar-refractivity contribution in [2.24, 2.45) is 0 Å². The molecule has 0 radical (unpaired) electrons. The maximum absolute atomic E-state index is 13.2. The third-order valence-corrected chi connectivity index (χ3v) is 6.28. The predicted molar refractivity (Wildman–Crippen MR) is 109 cm³/mol. The van der Waals surface area contributed by atoms with Gasteiger partial charge in [0.2, 0.25) is 5.91 Å². The molecule has 3 aromatic rings. The van der Waals surface area contributed by atoms with Gasteiger partial charge in [0.1, 0.15) is 11.1 Å². The highest BCUT2D eigenvalue weighted by Gasteiger charge is 2.26. The number of hydrogen-bond acceptors (Lipinski definition) is 3. The van der Waals surface area contributed by atoms with Crippen molar-refractivity contribution < 1.29 is 4.79 Å². The molecule has 3 nitrogen and oxygen atoms in total. The van der Waals surface area contributed by atoms with Crippen molar-refractivity contribution in [3.05, 3.63) is 87.8 Å². The summed E-state index contributed by atoms with van der Waals surface area (Å²) in [6.45, 7) is 0. The molecule has 27 heavy (non-hydrogen) atoms. The Bertz CT molecular complexity index is 986. The van der Waals surface area contributed by atoms with Gasteiger partial charge in [0.15, 0.2) is 0 Å². The maximum atomic E-state index is 13.2. The molecule has 4 rings (SSSR count). The Morgan fingerprint density at radius 3 is 2.48 bits per heavy atom. The van der Waals surface area contributed by atoms with Crippen LogP contribution in [0.3, 0.4) is 0 Å². The molecule has 1 aromatic heterocycles. The van der Waals surface area contributed by atoms with Crippen molar-refractivity contribution in [1.29, 1.82) is 5.26 Å². The molecule has 1 unspecified atom stereocenters. The van der Waals surface area contributed by atoms with E-state index in [4.69, 9.17) is 0 Å². The molecule has 0 fully saturated rings. The Labute approximate surface area is 163 Å². The van der Waals surface area contributed by atoms with E-state index in [1.54, 1.807) is 11.3 Å². The third kappa shape index (κ3) is 3.65. The largest absolute Gasteiger partial charge is 0.316 e. The molecule has 1 aliphatic carbocycles. The number of thiophene rings is 1. The zero-order valence-electron chi connectivity index (χ0n) is 14.9. The second-order valence-corrected chi connectivity index (χ2v) is 7.92. The van der Waals surface area contributed by atoms with Gasteiger partial charge in [-0.3, -0.25) is 4.79 Å². The molecule has 134 valence electrons. The lowest BCUT2D eigenvalue weighted by molar-refractivity contribution is -0.117. The van der Waals surface area contributed by atoms with Gasteiger partial charge in [-0.25, -0.2) is 0 Å². The monoisotopic (exact) mass is 372 g/mol. The molecule has 0 aliphatic heterocycles. The van der Waals surface area contributed by atoms with Crippen LogP contribution in [0.1, 0.15) is 39.5 Å². The number of nitrogens with one attached hydrogen (secondary N) is 1. The topological polar surface area (TPSA) is 52.9 Å². The first-order valence-electron chi connectivity index (χ1n) is 9.20. The molecule has 2 aromatic carbocycles. The highest BCUT2D eigenvalue weighted by atomic mass is 32.1. The van der Waals surface area contributed by atoms with Crippen LogP contribution in [-0.4, -0.2) is 5.91 Å². The summed E-state index contributed by atoms with van der Waals surface area (Å²) in [6.07, 6.45) is 3.68.